The third kappa shape index (κ3) is 3.03. The lowest BCUT2D eigenvalue weighted by Gasteiger charge is -2.50. The van der Waals surface area contributed by atoms with Gasteiger partial charge in [0.25, 0.3) is 0 Å². The fraction of sp³-hybridized carbons (Fsp3) is 0.583. The van der Waals surface area contributed by atoms with Crippen LogP contribution in [0.1, 0.15) is 25.5 Å². The minimum Gasteiger partial charge on any atom is -0.480 e. The number of nitrogens with zero attached hydrogens (tertiary/aromatic N) is 1. The van der Waals surface area contributed by atoms with Gasteiger partial charge < -0.3 is 9.84 Å². The molecule has 0 radical (unpaired) electrons. The molecule has 0 saturated carbocycles. The first-order valence-electron chi connectivity index (χ1n) is 5.73. The minimum absolute atomic E-state index is 0.233. The summed E-state index contributed by atoms with van der Waals surface area (Å²) in [6, 6.07) is 2.26. The highest BCUT2D eigenvalue weighted by Gasteiger charge is 2.42. The third-order valence-electron chi connectivity index (χ3n) is 3.24. The summed E-state index contributed by atoms with van der Waals surface area (Å²) in [5.74, 6) is -0.924. The topological polar surface area (TPSA) is 49.8 Å². The monoisotopic (exact) mass is 289 g/mol. The number of ether oxygens (including phenoxy) is 1. The molecule has 1 aliphatic rings. The highest BCUT2D eigenvalue weighted by molar-refractivity contribution is 7.14. The lowest BCUT2D eigenvalue weighted by atomic mass is 9.93. The average Bonchev–Trinajstić information content (AvgIpc) is 2.68. The van der Waals surface area contributed by atoms with Crippen molar-refractivity contribution in [1.29, 1.82) is 0 Å². The van der Waals surface area contributed by atoms with Crippen LogP contribution in [0.5, 0.6) is 0 Å². The standard InChI is InChI=1S/C12H16ClNO3S/c1-8(9-3-10(13)18-5-9)14-6-12(2,7-14)17-4-11(15)16/h3,5,8H,4,6-7H2,1-2H3,(H,15,16). The maximum Gasteiger partial charge on any atom is 0.329 e. The quantitative estimate of drug-likeness (QED) is 0.905. The van der Waals surface area contributed by atoms with E-state index in [-0.39, 0.29) is 18.2 Å². The molecule has 1 unspecified atom stereocenters. The Balaban J connectivity index is 1.86. The van der Waals surface area contributed by atoms with Crippen LogP contribution in [0.25, 0.3) is 0 Å². The van der Waals surface area contributed by atoms with Gasteiger partial charge in [0.1, 0.15) is 6.61 Å². The van der Waals surface area contributed by atoms with Crippen LogP contribution in [-0.4, -0.2) is 41.3 Å². The predicted octanol–water partition coefficient (Wildman–Crippen LogP) is 2.64. The van der Waals surface area contributed by atoms with Gasteiger partial charge in [-0.1, -0.05) is 11.6 Å². The molecule has 4 nitrogen and oxygen atoms in total. The van der Waals surface area contributed by atoms with E-state index in [1.165, 1.54) is 16.9 Å². The largest absolute Gasteiger partial charge is 0.480 e. The molecular weight excluding hydrogens is 274 g/mol. The molecule has 0 amide bonds. The van der Waals surface area contributed by atoms with E-state index in [0.717, 1.165) is 17.4 Å². The van der Waals surface area contributed by atoms with Crippen LogP contribution in [0.2, 0.25) is 4.34 Å². The molecule has 6 heteroatoms. The molecular formula is C12H16ClNO3S. The van der Waals surface area contributed by atoms with Crippen molar-refractivity contribution < 1.29 is 14.6 Å². The van der Waals surface area contributed by atoms with Crippen LogP contribution in [0.3, 0.4) is 0 Å². The Morgan fingerprint density at radius 3 is 2.89 bits per heavy atom. The van der Waals surface area contributed by atoms with Crippen molar-refractivity contribution in [2.45, 2.75) is 25.5 Å². The van der Waals surface area contributed by atoms with Gasteiger partial charge in [-0.2, -0.15) is 0 Å². The van der Waals surface area contributed by atoms with Crippen molar-refractivity contribution in [3.63, 3.8) is 0 Å². The fourth-order valence-corrected chi connectivity index (χ4v) is 3.14. The van der Waals surface area contributed by atoms with Crippen LogP contribution in [0.15, 0.2) is 11.4 Å². The number of carbonyl (C=O) groups is 1. The summed E-state index contributed by atoms with van der Waals surface area (Å²) in [5.41, 5.74) is 0.859. The normalized spacial score (nSPS) is 20.4. The van der Waals surface area contributed by atoms with Gasteiger partial charge in [0.2, 0.25) is 0 Å². The summed E-state index contributed by atoms with van der Waals surface area (Å²) >= 11 is 7.45. The van der Waals surface area contributed by atoms with Gasteiger partial charge in [0, 0.05) is 19.1 Å². The van der Waals surface area contributed by atoms with Crippen LogP contribution < -0.4 is 0 Å². The molecule has 0 aliphatic carbocycles. The summed E-state index contributed by atoms with van der Waals surface area (Å²) in [6.07, 6.45) is 0. The zero-order chi connectivity index (χ0) is 13.3. The molecule has 0 aromatic carbocycles. The molecule has 100 valence electrons. The molecule has 1 saturated heterocycles. The lowest BCUT2D eigenvalue weighted by Crippen LogP contribution is -2.62. The number of aliphatic carboxylic acids is 1. The Labute approximate surface area is 115 Å². The highest BCUT2D eigenvalue weighted by Crippen LogP contribution is 2.35. The van der Waals surface area contributed by atoms with E-state index < -0.39 is 5.97 Å². The zero-order valence-corrected chi connectivity index (χ0v) is 11.9. The van der Waals surface area contributed by atoms with Crippen molar-refractivity contribution in [3.8, 4) is 0 Å². The second-order valence-electron chi connectivity index (χ2n) is 4.90. The van der Waals surface area contributed by atoms with E-state index in [1.54, 1.807) is 0 Å². The molecule has 1 fully saturated rings. The molecule has 1 N–H and O–H groups in total. The van der Waals surface area contributed by atoms with Gasteiger partial charge in [0.05, 0.1) is 9.94 Å². The van der Waals surface area contributed by atoms with Gasteiger partial charge >= 0.3 is 5.97 Å². The number of hydrogen-bond acceptors (Lipinski definition) is 4. The van der Waals surface area contributed by atoms with E-state index in [1.807, 2.05) is 13.0 Å². The number of rotatable bonds is 5. The highest BCUT2D eigenvalue weighted by atomic mass is 35.5. The molecule has 18 heavy (non-hydrogen) atoms. The molecule has 0 spiro atoms. The Bertz CT molecular complexity index is 442. The summed E-state index contributed by atoms with van der Waals surface area (Å²) in [4.78, 5) is 12.7. The Hall–Kier alpha value is -0.620. The van der Waals surface area contributed by atoms with E-state index >= 15 is 0 Å². The maximum absolute atomic E-state index is 10.5. The van der Waals surface area contributed by atoms with Crippen LogP contribution in [-0.2, 0) is 9.53 Å². The molecule has 1 aromatic heterocycles. The van der Waals surface area contributed by atoms with E-state index in [0.29, 0.717) is 0 Å². The number of hydrogen-bond donors (Lipinski definition) is 1. The molecule has 1 aliphatic heterocycles. The third-order valence-corrected chi connectivity index (χ3v) is 4.35. The lowest BCUT2D eigenvalue weighted by molar-refractivity contribution is -0.169. The molecule has 1 atom stereocenters. The SMILES string of the molecule is CC(c1csc(Cl)c1)N1CC(C)(OCC(=O)O)C1. The van der Waals surface area contributed by atoms with Crippen molar-refractivity contribution >= 4 is 28.9 Å². The summed E-state index contributed by atoms with van der Waals surface area (Å²) in [5, 5.41) is 10.7. The Kier molecular flexibility index (Phi) is 3.96. The van der Waals surface area contributed by atoms with Gasteiger partial charge in [-0.05, 0) is 30.9 Å². The molecule has 2 rings (SSSR count). The van der Waals surface area contributed by atoms with Crippen molar-refractivity contribution in [2.24, 2.45) is 0 Å². The zero-order valence-electron chi connectivity index (χ0n) is 10.4. The number of halogens is 1. The van der Waals surface area contributed by atoms with E-state index in [4.69, 9.17) is 21.4 Å². The van der Waals surface area contributed by atoms with Crippen LogP contribution >= 0.6 is 22.9 Å². The maximum atomic E-state index is 10.5. The second kappa shape index (κ2) is 5.17. The Morgan fingerprint density at radius 2 is 2.39 bits per heavy atom. The van der Waals surface area contributed by atoms with Crippen molar-refractivity contribution in [3.05, 3.63) is 21.3 Å². The fourth-order valence-electron chi connectivity index (χ4n) is 2.17. The molecule has 2 heterocycles. The van der Waals surface area contributed by atoms with E-state index in [2.05, 4.69) is 17.2 Å². The molecule has 0 bridgehead atoms. The summed E-state index contributed by atoms with van der Waals surface area (Å²) < 4.78 is 6.18. The van der Waals surface area contributed by atoms with E-state index in [9.17, 15) is 4.79 Å². The smallest absolute Gasteiger partial charge is 0.329 e. The Morgan fingerprint density at radius 1 is 1.72 bits per heavy atom. The summed E-state index contributed by atoms with van der Waals surface area (Å²) in [6.45, 7) is 5.32. The number of thiophene rings is 1. The number of carboxylic acid groups (broad SMARTS) is 1. The van der Waals surface area contributed by atoms with Crippen molar-refractivity contribution in [1.82, 2.24) is 4.90 Å². The van der Waals surface area contributed by atoms with Gasteiger partial charge in [-0.15, -0.1) is 11.3 Å². The van der Waals surface area contributed by atoms with Gasteiger partial charge in [0.15, 0.2) is 0 Å². The minimum atomic E-state index is -0.924. The number of likely N-dealkylation sites (tertiary alicyclic amines) is 1. The van der Waals surface area contributed by atoms with Crippen LogP contribution in [0, 0.1) is 0 Å². The molecule has 1 aromatic rings. The first-order valence-corrected chi connectivity index (χ1v) is 6.99. The predicted molar refractivity (Wildman–Crippen MR) is 71.3 cm³/mol. The first kappa shape index (κ1) is 13.8. The average molecular weight is 290 g/mol. The van der Waals surface area contributed by atoms with Gasteiger partial charge in [-0.25, -0.2) is 4.79 Å². The van der Waals surface area contributed by atoms with Crippen LogP contribution in [0.4, 0.5) is 0 Å². The summed E-state index contributed by atoms with van der Waals surface area (Å²) in [7, 11) is 0. The number of carboxylic acids is 1. The van der Waals surface area contributed by atoms with Gasteiger partial charge in [-0.3, -0.25) is 4.90 Å². The first-order chi connectivity index (χ1) is 8.39. The second-order valence-corrected chi connectivity index (χ2v) is 6.44. The van der Waals surface area contributed by atoms with Crippen molar-refractivity contribution in [2.75, 3.05) is 19.7 Å².